The van der Waals surface area contributed by atoms with Crippen molar-refractivity contribution in [3.8, 4) is 0 Å². The van der Waals surface area contributed by atoms with Crippen LogP contribution in [-0.2, 0) is 6.42 Å². The van der Waals surface area contributed by atoms with Gasteiger partial charge >= 0.3 is 6.03 Å². The van der Waals surface area contributed by atoms with Crippen LogP contribution in [0.25, 0.3) is 0 Å². The zero-order chi connectivity index (χ0) is 17.6. The number of urea groups is 1. The second-order valence-electron chi connectivity index (χ2n) is 6.11. The lowest BCUT2D eigenvalue weighted by Gasteiger charge is -2.30. The first-order valence-electron chi connectivity index (χ1n) is 8.71. The molecule has 2 N–H and O–H groups in total. The first-order chi connectivity index (χ1) is 12.2. The number of benzene rings is 1. The number of fused-ring (bicyclic) bond motifs is 1. The van der Waals surface area contributed by atoms with Crippen LogP contribution in [-0.4, -0.2) is 25.0 Å². The minimum Gasteiger partial charge on any atom is -0.472 e. The molecule has 2 aromatic rings. The highest BCUT2D eigenvalue weighted by atomic mass is 16.3. The molecule has 1 aromatic heterocycles. The van der Waals surface area contributed by atoms with Crippen molar-refractivity contribution in [2.45, 2.75) is 32.6 Å². The minimum absolute atomic E-state index is 0.0840. The fraction of sp³-hybridized carbons (Fsp3) is 0.368. The van der Waals surface area contributed by atoms with Crippen molar-refractivity contribution in [1.29, 1.82) is 0 Å². The van der Waals surface area contributed by atoms with E-state index in [1.54, 1.807) is 11.0 Å². The summed E-state index contributed by atoms with van der Waals surface area (Å²) in [5.74, 6) is -0.0840. The van der Waals surface area contributed by atoms with E-state index in [9.17, 15) is 9.59 Å². The maximum absolute atomic E-state index is 12.7. The molecule has 1 aromatic carbocycles. The number of furan rings is 1. The van der Waals surface area contributed by atoms with Gasteiger partial charge in [-0.1, -0.05) is 19.4 Å². The Kier molecular flexibility index (Phi) is 5.38. The van der Waals surface area contributed by atoms with E-state index in [4.69, 9.17) is 4.42 Å². The Hall–Kier alpha value is -2.76. The Morgan fingerprint density at radius 2 is 2.16 bits per heavy atom. The molecule has 2 heterocycles. The number of carbonyl (C=O) groups excluding carboxylic acids is 2. The summed E-state index contributed by atoms with van der Waals surface area (Å²) >= 11 is 0. The number of anilines is 2. The van der Waals surface area contributed by atoms with E-state index in [-0.39, 0.29) is 11.9 Å². The third-order valence-electron chi connectivity index (χ3n) is 4.33. The lowest BCUT2D eigenvalue weighted by molar-refractivity contribution is 0.0984. The number of unbranched alkanes of at least 4 members (excludes halogenated alkanes) is 1. The first-order valence-corrected chi connectivity index (χ1v) is 8.71. The van der Waals surface area contributed by atoms with E-state index < -0.39 is 0 Å². The molecule has 132 valence electrons. The second kappa shape index (κ2) is 7.88. The maximum Gasteiger partial charge on any atom is 0.319 e. The third kappa shape index (κ3) is 3.84. The van der Waals surface area contributed by atoms with Crippen molar-refractivity contribution >= 4 is 23.3 Å². The van der Waals surface area contributed by atoms with E-state index in [0.29, 0.717) is 18.7 Å². The zero-order valence-electron chi connectivity index (χ0n) is 14.4. The summed E-state index contributed by atoms with van der Waals surface area (Å²) in [6, 6.07) is 7.12. The van der Waals surface area contributed by atoms with Crippen molar-refractivity contribution in [1.82, 2.24) is 5.32 Å². The van der Waals surface area contributed by atoms with Crippen molar-refractivity contribution in [2.24, 2.45) is 0 Å². The van der Waals surface area contributed by atoms with Crippen LogP contribution in [0, 0.1) is 0 Å². The van der Waals surface area contributed by atoms with E-state index in [1.165, 1.54) is 12.5 Å². The van der Waals surface area contributed by atoms with Gasteiger partial charge in [0.2, 0.25) is 0 Å². The largest absolute Gasteiger partial charge is 0.472 e. The predicted molar refractivity (Wildman–Crippen MR) is 97.1 cm³/mol. The summed E-state index contributed by atoms with van der Waals surface area (Å²) in [7, 11) is 0. The lowest BCUT2D eigenvalue weighted by atomic mass is 9.99. The molecule has 3 rings (SSSR count). The first kappa shape index (κ1) is 17.1. The molecular weight excluding hydrogens is 318 g/mol. The Labute approximate surface area is 147 Å². The Balaban J connectivity index is 1.79. The highest BCUT2D eigenvalue weighted by Crippen LogP contribution is 2.33. The Morgan fingerprint density at radius 1 is 1.28 bits per heavy atom. The monoisotopic (exact) mass is 341 g/mol. The topological polar surface area (TPSA) is 74.6 Å². The molecule has 0 spiro atoms. The average Bonchev–Trinajstić information content (AvgIpc) is 3.16. The minimum atomic E-state index is -0.208. The molecule has 0 saturated carbocycles. The molecule has 0 saturated heterocycles. The van der Waals surface area contributed by atoms with Gasteiger partial charge < -0.3 is 20.0 Å². The summed E-state index contributed by atoms with van der Waals surface area (Å²) in [6.07, 6.45) is 6.62. The SMILES string of the molecule is CCCCNC(=O)Nc1cccc2c1CCCN2C(=O)c1ccoc1. The van der Waals surface area contributed by atoms with Crippen molar-refractivity contribution in [2.75, 3.05) is 23.3 Å². The number of nitrogens with zero attached hydrogens (tertiary/aromatic N) is 1. The van der Waals surface area contributed by atoms with Gasteiger partial charge in [-0.25, -0.2) is 4.79 Å². The number of hydrogen-bond donors (Lipinski definition) is 2. The second-order valence-corrected chi connectivity index (χ2v) is 6.11. The van der Waals surface area contributed by atoms with E-state index in [2.05, 4.69) is 17.6 Å². The number of nitrogens with one attached hydrogen (secondary N) is 2. The number of hydrogen-bond acceptors (Lipinski definition) is 3. The van der Waals surface area contributed by atoms with E-state index >= 15 is 0 Å². The molecular formula is C19H23N3O3. The summed E-state index contributed by atoms with van der Waals surface area (Å²) < 4.78 is 5.02. The standard InChI is InChI=1S/C19H23N3O3/c1-2-3-10-20-19(24)21-16-7-4-8-17-15(16)6-5-11-22(17)18(23)14-9-12-25-13-14/h4,7-9,12-13H,2-3,5-6,10-11H2,1H3,(H2,20,21,24). The van der Waals surface area contributed by atoms with Crippen molar-refractivity contribution in [3.05, 3.63) is 47.9 Å². The van der Waals surface area contributed by atoms with Gasteiger partial charge in [-0.05, 0) is 43.0 Å². The van der Waals surface area contributed by atoms with Gasteiger partial charge in [0.25, 0.3) is 5.91 Å². The van der Waals surface area contributed by atoms with Gasteiger partial charge in [-0.2, -0.15) is 0 Å². The molecule has 0 atom stereocenters. The highest BCUT2D eigenvalue weighted by molar-refractivity contribution is 6.07. The van der Waals surface area contributed by atoms with E-state index in [0.717, 1.165) is 42.6 Å². The normalized spacial score (nSPS) is 13.2. The van der Waals surface area contributed by atoms with Crippen LogP contribution in [0.3, 0.4) is 0 Å². The molecule has 3 amide bonds. The molecule has 1 aliphatic heterocycles. The fourth-order valence-corrected chi connectivity index (χ4v) is 3.04. The Bertz CT molecular complexity index is 740. The Morgan fingerprint density at radius 3 is 2.92 bits per heavy atom. The predicted octanol–water partition coefficient (Wildman–Crippen LogP) is 3.79. The molecule has 1 aliphatic rings. The lowest BCUT2D eigenvalue weighted by Crippen LogP contribution is -2.36. The van der Waals surface area contributed by atoms with Gasteiger partial charge in [-0.3, -0.25) is 4.79 Å². The maximum atomic E-state index is 12.7. The molecule has 0 bridgehead atoms. The van der Waals surface area contributed by atoms with E-state index in [1.807, 2.05) is 18.2 Å². The number of rotatable bonds is 5. The van der Waals surface area contributed by atoms with Gasteiger partial charge in [0.05, 0.1) is 11.8 Å². The smallest absolute Gasteiger partial charge is 0.319 e. The zero-order valence-corrected chi connectivity index (χ0v) is 14.4. The van der Waals surface area contributed by atoms with Crippen LogP contribution in [0.2, 0.25) is 0 Å². The average molecular weight is 341 g/mol. The van der Waals surface area contributed by atoms with Crippen LogP contribution in [0.1, 0.15) is 42.1 Å². The molecule has 6 heteroatoms. The quantitative estimate of drug-likeness (QED) is 0.813. The van der Waals surface area contributed by atoms with Crippen LogP contribution in [0.4, 0.5) is 16.2 Å². The molecule has 0 fully saturated rings. The van der Waals surface area contributed by atoms with Gasteiger partial charge in [0.15, 0.2) is 0 Å². The van der Waals surface area contributed by atoms with Gasteiger partial charge in [0.1, 0.15) is 6.26 Å². The van der Waals surface area contributed by atoms with Gasteiger partial charge in [-0.15, -0.1) is 0 Å². The number of carbonyl (C=O) groups is 2. The number of amides is 3. The molecule has 25 heavy (non-hydrogen) atoms. The highest BCUT2D eigenvalue weighted by Gasteiger charge is 2.26. The van der Waals surface area contributed by atoms with Crippen LogP contribution >= 0.6 is 0 Å². The third-order valence-corrected chi connectivity index (χ3v) is 4.33. The molecule has 0 radical (unpaired) electrons. The van der Waals surface area contributed by atoms with Crippen molar-refractivity contribution < 1.29 is 14.0 Å². The van der Waals surface area contributed by atoms with Crippen LogP contribution < -0.4 is 15.5 Å². The molecule has 0 aliphatic carbocycles. The summed E-state index contributed by atoms with van der Waals surface area (Å²) in [5, 5.41) is 5.77. The summed E-state index contributed by atoms with van der Waals surface area (Å²) in [4.78, 5) is 26.5. The summed E-state index contributed by atoms with van der Waals surface area (Å²) in [5.41, 5.74) is 3.14. The van der Waals surface area contributed by atoms with Crippen molar-refractivity contribution in [3.63, 3.8) is 0 Å². The summed E-state index contributed by atoms with van der Waals surface area (Å²) in [6.45, 7) is 3.39. The van der Waals surface area contributed by atoms with Crippen LogP contribution in [0.15, 0.2) is 41.2 Å². The fourth-order valence-electron chi connectivity index (χ4n) is 3.04. The molecule has 6 nitrogen and oxygen atoms in total. The molecule has 0 unspecified atom stereocenters. The van der Waals surface area contributed by atoms with Crippen LogP contribution in [0.5, 0.6) is 0 Å². The van der Waals surface area contributed by atoms with Gasteiger partial charge in [0, 0.05) is 24.5 Å².